The number of hydrogen-bond acceptors (Lipinski definition) is 13. The van der Waals surface area contributed by atoms with Gasteiger partial charge in [-0.05, 0) is 72.1 Å². The Bertz CT molecular complexity index is 1350. The van der Waals surface area contributed by atoms with Crippen LogP contribution in [-0.4, -0.2) is 129 Å². The van der Waals surface area contributed by atoms with Crippen LogP contribution < -0.4 is 31.9 Å². The summed E-state index contributed by atoms with van der Waals surface area (Å²) in [4.78, 5) is 115. The molecule has 2 rings (SSSR count). The van der Waals surface area contributed by atoms with E-state index < -0.39 is 47.7 Å². The predicted molar refractivity (Wildman–Crippen MR) is 190 cm³/mol. The number of carbonyl (C=O) groups excluding carboxylic acids is 9. The van der Waals surface area contributed by atoms with Gasteiger partial charge >= 0.3 is 23.9 Å². The van der Waals surface area contributed by atoms with Crippen molar-refractivity contribution < 1.29 is 72.7 Å². The molecule has 312 valence electrons. The molecule has 9 N–H and O–H groups in total. The Morgan fingerprint density at radius 1 is 0.491 bits per heavy atom. The van der Waals surface area contributed by atoms with E-state index in [2.05, 4.69) is 36.6 Å². The van der Waals surface area contributed by atoms with Gasteiger partial charge in [-0.25, -0.2) is 0 Å². The smallest absolute Gasteiger partial charge is 0.325 e. The Labute approximate surface area is 318 Å². The topological polar surface area (TPSA) is 322 Å². The molecule has 55 heavy (non-hydrogen) atoms. The summed E-state index contributed by atoms with van der Waals surface area (Å²) in [6.07, 6.45) is 4.50. The molecule has 2 aliphatic carbocycles. The van der Waals surface area contributed by atoms with E-state index >= 15 is 0 Å². The van der Waals surface area contributed by atoms with E-state index in [-0.39, 0.29) is 85.6 Å². The zero-order valence-corrected chi connectivity index (χ0v) is 32.0. The first-order chi connectivity index (χ1) is 25.3. The molecule has 2 fully saturated rings. The van der Waals surface area contributed by atoms with Gasteiger partial charge in [0.1, 0.15) is 18.7 Å². The average Bonchev–Trinajstić information content (AvgIpc) is 3.14. The van der Waals surface area contributed by atoms with Gasteiger partial charge < -0.3 is 56.7 Å². The van der Waals surface area contributed by atoms with Gasteiger partial charge in [0.25, 0.3) is 0 Å². The molecule has 0 spiro atoms. The highest BCUT2D eigenvalue weighted by molar-refractivity contribution is 5.91. The van der Waals surface area contributed by atoms with Crippen molar-refractivity contribution in [3.8, 4) is 0 Å². The molecule has 2 aliphatic rings. The molecule has 2 saturated carbocycles. The van der Waals surface area contributed by atoms with E-state index in [4.69, 9.17) is 14.6 Å². The number of methoxy groups -OCH3 is 2. The van der Waals surface area contributed by atoms with Gasteiger partial charge in [0.2, 0.25) is 35.4 Å². The summed E-state index contributed by atoms with van der Waals surface area (Å²) in [7, 11) is 2.68. The number of esters is 3. The van der Waals surface area contributed by atoms with Crippen molar-refractivity contribution >= 4 is 59.3 Å². The molecule has 0 saturated heterocycles. The minimum Gasteiger partial charge on any atom is -0.480 e. The SMILES string of the molecule is COC(=O)C1CCC(C(=O)NCC(=O)NCC(=O)NCC(=O)O)CC1.COC(=O)C1CCC(C(=O)NCC(=O)NCC(=O)NCC(=O)OC(C)(C)C)CC1.O. The van der Waals surface area contributed by atoms with E-state index in [0.717, 1.165) is 0 Å². The van der Waals surface area contributed by atoms with E-state index in [1.54, 1.807) is 20.8 Å². The molecule has 0 aromatic carbocycles. The fourth-order valence-corrected chi connectivity index (χ4v) is 5.47. The highest BCUT2D eigenvalue weighted by Gasteiger charge is 2.31. The van der Waals surface area contributed by atoms with Crippen LogP contribution in [0.25, 0.3) is 0 Å². The van der Waals surface area contributed by atoms with Crippen molar-refractivity contribution in [1.82, 2.24) is 31.9 Å². The third kappa shape index (κ3) is 21.8. The van der Waals surface area contributed by atoms with Gasteiger partial charge in [-0.2, -0.15) is 0 Å². The van der Waals surface area contributed by atoms with Gasteiger partial charge in [-0.3, -0.25) is 47.9 Å². The van der Waals surface area contributed by atoms with Crippen molar-refractivity contribution in [2.75, 3.05) is 53.5 Å². The molecule has 0 bridgehead atoms. The van der Waals surface area contributed by atoms with Crippen molar-refractivity contribution in [2.24, 2.45) is 23.7 Å². The summed E-state index contributed by atoms with van der Waals surface area (Å²) in [5.41, 5.74) is -0.646. The lowest BCUT2D eigenvalue weighted by molar-refractivity contribution is -0.154. The molecule has 0 heterocycles. The Morgan fingerprint density at radius 2 is 0.782 bits per heavy atom. The van der Waals surface area contributed by atoms with Crippen LogP contribution in [0.15, 0.2) is 0 Å². The Balaban J connectivity index is 0.00000105. The van der Waals surface area contributed by atoms with Crippen LogP contribution in [0.1, 0.15) is 72.1 Å². The zero-order chi connectivity index (χ0) is 40.8. The maximum Gasteiger partial charge on any atom is 0.325 e. The van der Waals surface area contributed by atoms with Gasteiger partial charge in [0.15, 0.2) is 0 Å². The van der Waals surface area contributed by atoms with Crippen LogP contribution in [0, 0.1) is 23.7 Å². The first-order valence-corrected chi connectivity index (χ1v) is 17.6. The van der Waals surface area contributed by atoms with Crippen LogP contribution in [0.5, 0.6) is 0 Å². The van der Waals surface area contributed by atoms with E-state index in [1.165, 1.54) is 14.2 Å². The van der Waals surface area contributed by atoms with Crippen LogP contribution >= 0.6 is 0 Å². The highest BCUT2D eigenvalue weighted by atomic mass is 16.6. The number of aliphatic carboxylic acids is 1. The largest absolute Gasteiger partial charge is 0.480 e. The molecule has 21 heteroatoms. The second-order valence-corrected chi connectivity index (χ2v) is 13.7. The third-order valence-corrected chi connectivity index (χ3v) is 8.29. The molecule has 0 aromatic rings. The van der Waals surface area contributed by atoms with E-state index in [0.29, 0.717) is 51.4 Å². The maximum atomic E-state index is 12.1. The van der Waals surface area contributed by atoms with Crippen LogP contribution in [0.2, 0.25) is 0 Å². The molecule has 0 aliphatic heterocycles. The van der Waals surface area contributed by atoms with E-state index in [1.807, 2.05) is 0 Å². The summed E-state index contributed by atoms with van der Waals surface area (Å²) in [5, 5.41) is 22.5. The van der Waals surface area contributed by atoms with E-state index in [9.17, 15) is 47.9 Å². The van der Waals surface area contributed by atoms with Crippen LogP contribution in [0.4, 0.5) is 0 Å². The Kier molecular flexibility index (Phi) is 23.1. The Morgan fingerprint density at radius 3 is 1.09 bits per heavy atom. The van der Waals surface area contributed by atoms with Gasteiger partial charge in [0.05, 0.1) is 52.2 Å². The minimum absolute atomic E-state index is 0. The minimum atomic E-state index is -1.19. The molecular weight excluding hydrogens is 732 g/mol. The number of hydrogen-bond donors (Lipinski definition) is 7. The number of amides is 6. The van der Waals surface area contributed by atoms with Gasteiger partial charge in [0, 0.05) is 11.8 Å². The number of rotatable bonds is 16. The summed E-state index contributed by atoms with van der Waals surface area (Å²) < 4.78 is 14.4. The number of carbonyl (C=O) groups is 10. The van der Waals surface area contributed by atoms with Crippen molar-refractivity contribution in [1.29, 1.82) is 0 Å². The second-order valence-electron chi connectivity index (χ2n) is 13.7. The van der Waals surface area contributed by atoms with Crippen molar-refractivity contribution in [3.05, 3.63) is 0 Å². The second kappa shape index (κ2) is 25.6. The van der Waals surface area contributed by atoms with Gasteiger partial charge in [-0.1, -0.05) is 0 Å². The molecule has 0 atom stereocenters. The third-order valence-electron chi connectivity index (χ3n) is 8.29. The Hall–Kier alpha value is -5.34. The van der Waals surface area contributed by atoms with Crippen LogP contribution in [0.3, 0.4) is 0 Å². The normalized spacial score (nSPS) is 18.8. The number of ether oxygens (including phenoxy) is 3. The summed E-state index contributed by atoms with van der Waals surface area (Å²) in [6.45, 7) is 3.10. The fraction of sp³-hybridized carbons (Fsp3) is 0.706. The lowest BCUT2D eigenvalue weighted by Crippen LogP contribution is -2.44. The molecule has 0 radical (unpaired) electrons. The average molecular weight is 789 g/mol. The molecule has 0 unspecified atom stereocenters. The molecule has 21 nitrogen and oxygen atoms in total. The van der Waals surface area contributed by atoms with Crippen molar-refractivity contribution in [2.45, 2.75) is 77.7 Å². The first kappa shape index (κ1) is 49.7. The standard InChI is InChI=1S/C19H31N3O7.C15H23N3O7.H2O/c1-19(2,3)29-16(25)11-21-14(23)9-20-15(24)10-22-17(26)12-5-7-13(8-6-12)18(27)28-4;1-25-15(24)10-4-2-9(3-5-10)14(23)18-7-12(20)16-6-11(19)17-8-13(21)22;/h12-13H,5-11H2,1-4H3,(H,20,24)(H,21,23)(H,22,26);9-10H,2-8H2,1H3,(H,16,20)(H,17,19)(H,18,23)(H,21,22);1H2. The van der Waals surface area contributed by atoms with Crippen molar-refractivity contribution in [3.63, 3.8) is 0 Å². The number of carboxylic acid groups (broad SMARTS) is 1. The number of carboxylic acids is 1. The summed E-state index contributed by atoms with van der Waals surface area (Å²) >= 11 is 0. The molecule has 6 amide bonds. The quantitative estimate of drug-likeness (QED) is 0.0615. The van der Waals surface area contributed by atoms with Gasteiger partial charge in [-0.15, -0.1) is 0 Å². The summed E-state index contributed by atoms with van der Waals surface area (Å²) in [5.74, 6) is -5.92. The summed E-state index contributed by atoms with van der Waals surface area (Å²) in [6, 6.07) is 0. The zero-order valence-electron chi connectivity index (χ0n) is 32.0. The number of nitrogens with one attached hydrogen (secondary N) is 6. The maximum absolute atomic E-state index is 12.1. The van der Waals surface area contributed by atoms with Crippen LogP contribution in [-0.2, 0) is 62.2 Å². The lowest BCUT2D eigenvalue weighted by Gasteiger charge is -2.25. The molecule has 0 aromatic heterocycles. The first-order valence-electron chi connectivity index (χ1n) is 17.6. The highest BCUT2D eigenvalue weighted by Crippen LogP contribution is 2.30. The lowest BCUT2D eigenvalue weighted by atomic mass is 9.81. The fourth-order valence-electron chi connectivity index (χ4n) is 5.47. The predicted octanol–water partition coefficient (Wildman–Crippen LogP) is -2.77. The monoisotopic (exact) mass is 788 g/mol. The molecular formula is C34H56N6O15.